The van der Waals surface area contributed by atoms with Crippen molar-refractivity contribution in [3.63, 3.8) is 0 Å². The van der Waals surface area contributed by atoms with Crippen LogP contribution in [0.3, 0.4) is 0 Å². The summed E-state index contributed by atoms with van der Waals surface area (Å²) >= 11 is 0. The van der Waals surface area contributed by atoms with Gasteiger partial charge in [-0.3, -0.25) is 0 Å². The van der Waals surface area contributed by atoms with Gasteiger partial charge >= 0.3 is 47.8 Å². The summed E-state index contributed by atoms with van der Waals surface area (Å²) in [6.45, 7) is -0.959. The number of aliphatic hydroxyl groups is 4. The molecule has 1 heterocycles. The summed E-state index contributed by atoms with van der Waals surface area (Å²) in [5.74, 6) is -53.4. The minimum Gasteiger partial charge on any atom is -0.462 e. The summed E-state index contributed by atoms with van der Waals surface area (Å²) in [5.41, 5.74) is 0. The highest BCUT2D eigenvalue weighted by Crippen LogP contribution is 2.64. The van der Waals surface area contributed by atoms with Gasteiger partial charge in [-0.05, 0) is 24.3 Å². The quantitative estimate of drug-likeness (QED) is 0.258. The first-order valence-corrected chi connectivity index (χ1v) is 10.9. The Balaban J connectivity index is 2.35. The van der Waals surface area contributed by atoms with Crippen LogP contribution in [0.5, 0.6) is 11.5 Å². The summed E-state index contributed by atoms with van der Waals surface area (Å²) in [6.07, 6.45) is -24.5. The SMILES string of the molecule is OC[C@H]1O[C@@H](Oc2ccc(OC(F)(F)C(F)(F)C(F)(F)C(F)(F)C(F)(F)C(F)(F)C(F)(F)C(F)(F)F)cc2)[C@H](O)[C@@H](O)[C@@H]1O. The lowest BCUT2D eigenvalue weighted by molar-refractivity contribution is -0.471. The van der Waals surface area contributed by atoms with E-state index in [1.54, 1.807) is 0 Å². The van der Waals surface area contributed by atoms with Crippen molar-refractivity contribution in [3.05, 3.63) is 24.3 Å². The fourth-order valence-electron chi connectivity index (χ4n) is 3.25. The Morgan fingerprint density at radius 3 is 1.34 bits per heavy atom. The highest BCUT2D eigenvalue weighted by Gasteiger charge is 2.95. The molecule has 0 radical (unpaired) electrons. The zero-order valence-corrected chi connectivity index (χ0v) is 20.3. The molecule has 5 atom stereocenters. The van der Waals surface area contributed by atoms with E-state index in [1.807, 2.05) is 0 Å². The molecule has 0 unspecified atom stereocenters. The minimum absolute atomic E-state index is 0.0757. The number of benzene rings is 1. The monoisotopic (exact) mass is 690 g/mol. The van der Waals surface area contributed by atoms with E-state index in [2.05, 4.69) is 4.74 Å². The minimum atomic E-state index is -8.77. The number of hydrogen-bond acceptors (Lipinski definition) is 7. The lowest BCUT2D eigenvalue weighted by Gasteiger charge is -2.42. The Morgan fingerprint density at radius 2 is 0.932 bits per heavy atom. The van der Waals surface area contributed by atoms with Gasteiger partial charge in [0.1, 0.15) is 35.9 Å². The zero-order chi connectivity index (χ0) is 34.7. The van der Waals surface area contributed by atoms with Crippen LogP contribution in [0.1, 0.15) is 0 Å². The maximum absolute atomic E-state index is 14.0. The standard InChI is InChI=1S/C20H15F17O7/c21-13(22,15(25,26)17(29,30)19(33,34)35)14(23,24)16(27,28)18(31,32)20(36,37)44-7-3-1-6(2-4-7)42-12-11(41)10(40)9(39)8(5-38)43-12/h1-4,8-12,38-41H,5H2/t8-,9-,10+,11-,12-/m1/s1. The van der Waals surface area contributed by atoms with E-state index < -0.39 is 96.6 Å². The average Bonchev–Trinajstić information content (AvgIpc) is 2.88. The van der Waals surface area contributed by atoms with Crippen molar-refractivity contribution in [1.82, 2.24) is 0 Å². The number of halogens is 17. The first-order valence-electron chi connectivity index (χ1n) is 10.9. The van der Waals surface area contributed by atoms with Gasteiger partial charge in [0.25, 0.3) is 0 Å². The Labute approximate surface area is 231 Å². The highest BCUT2D eigenvalue weighted by molar-refractivity contribution is 5.32. The third kappa shape index (κ3) is 5.66. The second-order valence-corrected chi connectivity index (χ2v) is 8.85. The molecule has 0 amide bonds. The molecule has 256 valence electrons. The van der Waals surface area contributed by atoms with E-state index >= 15 is 0 Å². The molecule has 1 aromatic carbocycles. The van der Waals surface area contributed by atoms with Gasteiger partial charge in [-0.25, -0.2) is 0 Å². The smallest absolute Gasteiger partial charge is 0.462 e. The van der Waals surface area contributed by atoms with Gasteiger partial charge in [-0.1, -0.05) is 0 Å². The summed E-state index contributed by atoms with van der Waals surface area (Å²) in [7, 11) is 0. The molecule has 1 aromatic rings. The van der Waals surface area contributed by atoms with Gasteiger partial charge < -0.3 is 34.6 Å². The number of rotatable bonds is 11. The molecule has 7 nitrogen and oxygen atoms in total. The molecular weight excluding hydrogens is 675 g/mol. The van der Waals surface area contributed by atoms with E-state index in [-0.39, 0.29) is 12.1 Å². The Morgan fingerprint density at radius 1 is 0.545 bits per heavy atom. The van der Waals surface area contributed by atoms with Crippen LogP contribution in [0.4, 0.5) is 74.6 Å². The van der Waals surface area contributed by atoms with Crippen LogP contribution < -0.4 is 9.47 Å². The summed E-state index contributed by atoms with van der Waals surface area (Å²) in [4.78, 5) is 0. The number of alkyl halides is 17. The largest absolute Gasteiger partial charge is 0.471 e. The Kier molecular flexibility index (Phi) is 9.70. The first kappa shape index (κ1) is 37.6. The number of ether oxygens (including phenoxy) is 3. The van der Waals surface area contributed by atoms with Crippen molar-refractivity contribution in [2.24, 2.45) is 0 Å². The van der Waals surface area contributed by atoms with Gasteiger partial charge in [-0.2, -0.15) is 74.6 Å². The van der Waals surface area contributed by atoms with Crippen LogP contribution >= 0.6 is 0 Å². The Bertz CT molecular complexity index is 1140. The first-order chi connectivity index (χ1) is 19.5. The molecule has 0 aromatic heterocycles. The molecule has 1 aliphatic heterocycles. The van der Waals surface area contributed by atoms with E-state index in [1.165, 1.54) is 0 Å². The van der Waals surface area contributed by atoms with Crippen molar-refractivity contribution in [2.45, 2.75) is 78.5 Å². The molecule has 2 rings (SSSR count). The average molecular weight is 690 g/mol. The summed E-state index contributed by atoms with van der Waals surface area (Å²) < 4.78 is 240. The molecule has 1 fully saturated rings. The molecular formula is C20H15F17O7. The molecule has 0 spiro atoms. The van der Waals surface area contributed by atoms with Crippen LogP contribution in [0.15, 0.2) is 24.3 Å². The molecule has 1 aliphatic rings. The fraction of sp³-hybridized carbons (Fsp3) is 0.700. The lowest BCUT2D eigenvalue weighted by Crippen LogP contribution is -2.74. The molecule has 0 bridgehead atoms. The predicted molar refractivity (Wildman–Crippen MR) is 102 cm³/mol. The van der Waals surface area contributed by atoms with Crippen molar-refractivity contribution < 1.29 is 109 Å². The van der Waals surface area contributed by atoms with Crippen molar-refractivity contribution in [3.8, 4) is 11.5 Å². The molecule has 24 heteroatoms. The number of hydrogen-bond donors (Lipinski definition) is 4. The lowest BCUT2D eigenvalue weighted by atomic mass is 9.90. The van der Waals surface area contributed by atoms with Crippen LogP contribution in [0.2, 0.25) is 0 Å². The topological polar surface area (TPSA) is 109 Å². The Hall–Kier alpha value is -2.57. The van der Waals surface area contributed by atoms with Gasteiger partial charge in [0, 0.05) is 0 Å². The van der Waals surface area contributed by atoms with E-state index in [4.69, 9.17) is 14.6 Å². The van der Waals surface area contributed by atoms with Crippen molar-refractivity contribution in [2.75, 3.05) is 6.61 Å². The predicted octanol–water partition coefficient (Wildman–Crippen LogP) is 4.21. The fourth-order valence-corrected chi connectivity index (χ4v) is 3.25. The maximum Gasteiger partial charge on any atom is 0.471 e. The number of aliphatic hydroxyl groups excluding tert-OH is 4. The highest BCUT2D eigenvalue weighted by atomic mass is 19.4. The third-order valence-electron chi connectivity index (χ3n) is 5.86. The second-order valence-electron chi connectivity index (χ2n) is 8.85. The zero-order valence-electron chi connectivity index (χ0n) is 20.3. The molecule has 1 saturated heterocycles. The second kappa shape index (κ2) is 11.3. The van der Waals surface area contributed by atoms with Gasteiger partial charge in [-0.15, -0.1) is 0 Å². The van der Waals surface area contributed by atoms with Crippen LogP contribution in [-0.2, 0) is 4.74 Å². The van der Waals surface area contributed by atoms with Crippen LogP contribution in [0, 0.1) is 0 Å². The normalized spacial score (nSPS) is 25.2. The van der Waals surface area contributed by atoms with Crippen LogP contribution in [-0.4, -0.2) is 106 Å². The van der Waals surface area contributed by atoms with Crippen LogP contribution in [0.25, 0.3) is 0 Å². The molecule has 44 heavy (non-hydrogen) atoms. The van der Waals surface area contributed by atoms with E-state index in [0.29, 0.717) is 12.1 Å². The van der Waals surface area contributed by atoms with E-state index in [0.717, 1.165) is 0 Å². The van der Waals surface area contributed by atoms with E-state index in [9.17, 15) is 90.0 Å². The van der Waals surface area contributed by atoms with Gasteiger partial charge in [0.15, 0.2) is 0 Å². The molecule has 0 aliphatic carbocycles. The molecule has 4 N–H and O–H groups in total. The summed E-state index contributed by atoms with van der Waals surface area (Å²) in [6, 6.07) is 0.940. The van der Waals surface area contributed by atoms with Crippen molar-refractivity contribution >= 4 is 0 Å². The maximum atomic E-state index is 14.0. The molecule has 0 saturated carbocycles. The van der Waals surface area contributed by atoms with Gasteiger partial charge in [0.05, 0.1) is 6.61 Å². The van der Waals surface area contributed by atoms with Crippen molar-refractivity contribution in [1.29, 1.82) is 0 Å². The van der Waals surface area contributed by atoms with Gasteiger partial charge in [0.2, 0.25) is 6.29 Å². The summed E-state index contributed by atoms with van der Waals surface area (Å²) in [5, 5.41) is 38.2. The third-order valence-corrected chi connectivity index (χ3v) is 5.86.